The quantitative estimate of drug-likeness (QED) is 0.333. The third-order valence-corrected chi connectivity index (χ3v) is 7.35. The summed E-state index contributed by atoms with van der Waals surface area (Å²) >= 11 is 0. The molecule has 8 heteroatoms. The number of nitrogens with two attached hydrogens (primary N) is 1. The lowest BCUT2D eigenvalue weighted by molar-refractivity contribution is 0.552. The number of nitrogen functional groups attached to an aromatic ring is 1. The fourth-order valence-electron chi connectivity index (χ4n) is 4.11. The molecule has 1 saturated carbocycles. The standard InChI is InChI=1S/C25H28N4O3S/c1-17-7-12-23(28-33(31,32)16-19-5-3-2-4-6-19)25(30)29(17)15-22-14-21(22)13-18-8-10-20(11-9-18)24(26)27/h2-12,21-22,28H,13-16H2,1H3,(H3,26,27)/t21-,22?/m0/s1. The van der Waals surface area contributed by atoms with Crippen LogP contribution < -0.4 is 16.0 Å². The van der Waals surface area contributed by atoms with Crippen LogP contribution in [0.4, 0.5) is 5.69 Å². The summed E-state index contributed by atoms with van der Waals surface area (Å²) in [6.07, 6.45) is 1.92. The van der Waals surface area contributed by atoms with Crippen molar-refractivity contribution >= 4 is 21.5 Å². The van der Waals surface area contributed by atoms with Crippen molar-refractivity contribution < 1.29 is 8.42 Å². The van der Waals surface area contributed by atoms with Crippen LogP contribution in [0.3, 0.4) is 0 Å². The lowest BCUT2D eigenvalue weighted by Gasteiger charge is -2.14. The molecule has 1 aliphatic rings. The van der Waals surface area contributed by atoms with Crippen molar-refractivity contribution in [2.45, 2.75) is 32.1 Å². The Balaban J connectivity index is 1.42. The van der Waals surface area contributed by atoms with Gasteiger partial charge in [-0.25, -0.2) is 8.42 Å². The molecule has 7 nitrogen and oxygen atoms in total. The van der Waals surface area contributed by atoms with E-state index in [0.717, 1.165) is 18.5 Å². The van der Waals surface area contributed by atoms with Crippen molar-refractivity contribution in [1.29, 1.82) is 5.41 Å². The molecular weight excluding hydrogens is 436 g/mol. The van der Waals surface area contributed by atoms with Gasteiger partial charge in [0.15, 0.2) is 0 Å². The van der Waals surface area contributed by atoms with Gasteiger partial charge >= 0.3 is 0 Å². The molecule has 4 N–H and O–H groups in total. The SMILES string of the molecule is Cc1ccc(NS(=O)(=O)Cc2ccccc2)c(=O)n1CC1C[C@@H]1Cc1ccc(C(=N)N)cc1. The van der Waals surface area contributed by atoms with E-state index in [4.69, 9.17) is 11.1 Å². The van der Waals surface area contributed by atoms with Gasteiger partial charge in [0.1, 0.15) is 11.5 Å². The molecule has 4 rings (SSSR count). The molecule has 1 aliphatic carbocycles. The van der Waals surface area contributed by atoms with Crippen molar-refractivity contribution in [1.82, 2.24) is 4.57 Å². The zero-order valence-electron chi connectivity index (χ0n) is 18.5. The van der Waals surface area contributed by atoms with E-state index in [-0.39, 0.29) is 22.8 Å². The van der Waals surface area contributed by atoms with Gasteiger partial charge in [0, 0.05) is 17.8 Å². The highest BCUT2D eigenvalue weighted by Crippen LogP contribution is 2.42. The van der Waals surface area contributed by atoms with Crippen LogP contribution in [0, 0.1) is 24.2 Å². The number of hydrogen-bond donors (Lipinski definition) is 3. The molecule has 0 aliphatic heterocycles. The topological polar surface area (TPSA) is 118 Å². The Kier molecular flexibility index (Phi) is 6.37. The Morgan fingerprint density at radius 1 is 1.03 bits per heavy atom. The summed E-state index contributed by atoms with van der Waals surface area (Å²) in [5, 5.41) is 7.49. The first-order valence-corrected chi connectivity index (χ1v) is 12.6. The van der Waals surface area contributed by atoms with E-state index >= 15 is 0 Å². The van der Waals surface area contributed by atoms with E-state index in [9.17, 15) is 13.2 Å². The Morgan fingerprint density at radius 2 is 1.73 bits per heavy atom. The van der Waals surface area contributed by atoms with Gasteiger partial charge in [0.05, 0.1) is 5.75 Å². The molecule has 1 aromatic heterocycles. The molecule has 0 saturated heterocycles. The third-order valence-electron chi connectivity index (χ3n) is 6.11. The lowest BCUT2D eigenvalue weighted by atomic mass is 10.1. The van der Waals surface area contributed by atoms with Crippen LogP contribution in [0.15, 0.2) is 71.5 Å². The van der Waals surface area contributed by atoms with Crippen LogP contribution in [0.5, 0.6) is 0 Å². The molecule has 1 heterocycles. The van der Waals surface area contributed by atoms with Crippen LogP contribution in [-0.2, 0) is 28.7 Å². The zero-order valence-corrected chi connectivity index (χ0v) is 19.3. The second-order valence-electron chi connectivity index (χ2n) is 8.72. The van der Waals surface area contributed by atoms with Crippen LogP contribution in [-0.4, -0.2) is 18.8 Å². The van der Waals surface area contributed by atoms with Gasteiger partial charge in [-0.2, -0.15) is 0 Å². The Hall–Kier alpha value is -3.39. The highest BCUT2D eigenvalue weighted by atomic mass is 32.2. The Morgan fingerprint density at radius 3 is 2.39 bits per heavy atom. The first kappa shape index (κ1) is 22.8. The summed E-state index contributed by atoms with van der Waals surface area (Å²) < 4.78 is 29.3. The highest BCUT2D eigenvalue weighted by Gasteiger charge is 2.37. The number of anilines is 1. The number of amidine groups is 1. The maximum absolute atomic E-state index is 13.1. The molecule has 33 heavy (non-hydrogen) atoms. The van der Waals surface area contributed by atoms with Gasteiger partial charge in [-0.3, -0.25) is 14.9 Å². The Labute approximate surface area is 193 Å². The third kappa shape index (κ3) is 5.70. The molecule has 1 fully saturated rings. The summed E-state index contributed by atoms with van der Waals surface area (Å²) in [4.78, 5) is 13.1. The summed E-state index contributed by atoms with van der Waals surface area (Å²) in [5.74, 6) is 0.705. The highest BCUT2D eigenvalue weighted by molar-refractivity contribution is 7.91. The molecule has 172 valence electrons. The van der Waals surface area contributed by atoms with Gasteiger partial charge in [-0.1, -0.05) is 54.6 Å². The zero-order chi connectivity index (χ0) is 23.6. The van der Waals surface area contributed by atoms with Gasteiger partial charge in [0.25, 0.3) is 5.56 Å². The van der Waals surface area contributed by atoms with Crippen LogP contribution >= 0.6 is 0 Å². The number of hydrogen-bond acceptors (Lipinski definition) is 4. The second-order valence-corrected chi connectivity index (χ2v) is 10.4. The van der Waals surface area contributed by atoms with E-state index in [1.54, 1.807) is 34.9 Å². The average Bonchev–Trinajstić information content (AvgIpc) is 3.51. The summed E-state index contributed by atoms with van der Waals surface area (Å²) in [5.41, 5.74) is 8.63. The number of rotatable bonds is 9. The fraction of sp³-hybridized carbons (Fsp3) is 0.280. The molecule has 3 aromatic rings. The molecule has 1 unspecified atom stereocenters. The van der Waals surface area contributed by atoms with Crippen LogP contribution in [0.2, 0.25) is 0 Å². The van der Waals surface area contributed by atoms with Gasteiger partial charge < -0.3 is 10.3 Å². The number of aryl methyl sites for hydroxylation is 1. The molecule has 0 amide bonds. The van der Waals surface area contributed by atoms with Crippen LogP contribution in [0.25, 0.3) is 0 Å². The molecule has 2 atom stereocenters. The molecular formula is C25H28N4O3S. The van der Waals surface area contributed by atoms with Gasteiger partial charge in [0.2, 0.25) is 10.0 Å². The van der Waals surface area contributed by atoms with Gasteiger partial charge in [-0.05, 0) is 54.9 Å². The summed E-state index contributed by atoms with van der Waals surface area (Å²) in [6.45, 7) is 2.43. The smallest absolute Gasteiger partial charge is 0.275 e. The summed E-state index contributed by atoms with van der Waals surface area (Å²) in [6, 6.07) is 19.9. The van der Waals surface area contributed by atoms with Crippen molar-refractivity contribution in [3.63, 3.8) is 0 Å². The van der Waals surface area contributed by atoms with E-state index in [1.807, 2.05) is 37.3 Å². The molecule has 2 aromatic carbocycles. The number of benzene rings is 2. The van der Waals surface area contributed by atoms with Crippen molar-refractivity contribution in [3.8, 4) is 0 Å². The minimum absolute atomic E-state index is 0.0555. The minimum Gasteiger partial charge on any atom is -0.384 e. The fourth-order valence-corrected chi connectivity index (χ4v) is 5.31. The van der Waals surface area contributed by atoms with Crippen molar-refractivity contribution in [3.05, 3.63) is 99.5 Å². The van der Waals surface area contributed by atoms with E-state index in [2.05, 4.69) is 4.72 Å². The molecule has 0 radical (unpaired) electrons. The van der Waals surface area contributed by atoms with Gasteiger partial charge in [-0.15, -0.1) is 0 Å². The number of nitrogens with one attached hydrogen (secondary N) is 2. The summed E-state index contributed by atoms with van der Waals surface area (Å²) in [7, 11) is -3.70. The number of nitrogens with zero attached hydrogens (tertiary/aromatic N) is 1. The monoisotopic (exact) mass is 464 g/mol. The molecule has 0 spiro atoms. The average molecular weight is 465 g/mol. The maximum atomic E-state index is 13.1. The van der Waals surface area contributed by atoms with Crippen LogP contribution in [0.1, 0.15) is 28.8 Å². The molecule has 0 bridgehead atoms. The first-order valence-electron chi connectivity index (χ1n) is 10.9. The second kappa shape index (κ2) is 9.23. The predicted molar refractivity (Wildman–Crippen MR) is 131 cm³/mol. The maximum Gasteiger partial charge on any atom is 0.275 e. The van der Waals surface area contributed by atoms with E-state index < -0.39 is 10.0 Å². The minimum atomic E-state index is -3.70. The Bertz CT molecular complexity index is 1320. The normalized spacial score (nSPS) is 17.5. The predicted octanol–water partition coefficient (Wildman–Crippen LogP) is 3.26. The number of sulfonamides is 1. The largest absolute Gasteiger partial charge is 0.384 e. The van der Waals surface area contributed by atoms with E-state index in [0.29, 0.717) is 29.5 Å². The number of pyridine rings is 1. The van der Waals surface area contributed by atoms with Crippen molar-refractivity contribution in [2.75, 3.05) is 4.72 Å². The first-order chi connectivity index (χ1) is 15.7. The van der Waals surface area contributed by atoms with Crippen molar-refractivity contribution in [2.24, 2.45) is 17.6 Å². The lowest BCUT2D eigenvalue weighted by Crippen LogP contribution is -2.28. The number of aromatic nitrogens is 1. The van der Waals surface area contributed by atoms with E-state index in [1.165, 1.54) is 11.6 Å².